The van der Waals surface area contributed by atoms with Gasteiger partial charge in [-0.3, -0.25) is 0 Å². The highest BCUT2D eigenvalue weighted by atomic mass is 127. The normalized spacial score (nSPS) is 51.5. The van der Waals surface area contributed by atoms with Crippen LogP contribution in [0.15, 0.2) is 0 Å². The highest BCUT2D eigenvalue weighted by Crippen LogP contribution is 2.42. The van der Waals surface area contributed by atoms with E-state index in [1.807, 2.05) is 6.92 Å². The van der Waals surface area contributed by atoms with Crippen molar-refractivity contribution in [3.05, 3.63) is 0 Å². The molecule has 2 aliphatic rings. The van der Waals surface area contributed by atoms with Crippen molar-refractivity contribution in [2.24, 2.45) is 0 Å². The van der Waals surface area contributed by atoms with Gasteiger partial charge in [0, 0.05) is 34.9 Å². The average molecular weight is 267 g/mol. The summed E-state index contributed by atoms with van der Waals surface area (Å²) in [6, 6.07) is 1.29. The molecule has 2 atom stereocenters. The third-order valence-corrected chi connectivity index (χ3v) is 4.46. The Morgan fingerprint density at radius 2 is 1.82 bits per heavy atom. The van der Waals surface area contributed by atoms with Crippen LogP contribution in [0, 0.1) is 0 Å². The number of hydrogen-bond acceptors (Lipinski definition) is 2. The summed E-state index contributed by atoms with van der Waals surface area (Å²) in [5.74, 6) is 0. The summed E-state index contributed by atoms with van der Waals surface area (Å²) in [5, 5.41) is 9.84. The van der Waals surface area contributed by atoms with Crippen molar-refractivity contribution in [3.8, 4) is 0 Å². The van der Waals surface area contributed by atoms with Crippen molar-refractivity contribution in [1.82, 2.24) is 3.11 Å². The molecule has 0 amide bonds. The van der Waals surface area contributed by atoms with Gasteiger partial charge in [0.2, 0.25) is 0 Å². The maximum absolute atomic E-state index is 9.84. The zero-order valence-electron chi connectivity index (χ0n) is 6.76. The van der Waals surface area contributed by atoms with Crippen molar-refractivity contribution in [3.63, 3.8) is 0 Å². The van der Waals surface area contributed by atoms with E-state index in [1.165, 1.54) is 12.8 Å². The minimum absolute atomic E-state index is 0.381. The molecule has 2 aliphatic heterocycles. The minimum atomic E-state index is -0.381. The minimum Gasteiger partial charge on any atom is -0.390 e. The molecular formula is C8H14INO. The molecule has 2 nitrogen and oxygen atoms in total. The van der Waals surface area contributed by atoms with E-state index in [0.717, 1.165) is 12.8 Å². The SMILES string of the molecule is CC1(O)CC2CCC(C1)N2I. The summed E-state index contributed by atoms with van der Waals surface area (Å²) in [4.78, 5) is 0. The first-order valence-electron chi connectivity index (χ1n) is 4.25. The lowest BCUT2D eigenvalue weighted by Gasteiger charge is -2.38. The van der Waals surface area contributed by atoms with Gasteiger partial charge in [-0.2, -0.15) is 0 Å². The van der Waals surface area contributed by atoms with Gasteiger partial charge in [0.05, 0.1) is 5.60 Å². The molecule has 1 N–H and O–H groups in total. The Bertz CT molecular complexity index is 155. The molecular weight excluding hydrogens is 253 g/mol. The molecule has 0 radical (unpaired) electrons. The highest BCUT2D eigenvalue weighted by Gasteiger charge is 2.44. The summed E-state index contributed by atoms with van der Waals surface area (Å²) in [5.41, 5.74) is -0.381. The summed E-state index contributed by atoms with van der Waals surface area (Å²) in [6.45, 7) is 1.97. The number of aliphatic hydroxyl groups is 1. The van der Waals surface area contributed by atoms with Crippen LogP contribution in [-0.4, -0.2) is 25.9 Å². The zero-order chi connectivity index (χ0) is 8.06. The molecule has 2 bridgehead atoms. The molecule has 64 valence electrons. The van der Waals surface area contributed by atoms with Crippen LogP contribution in [0.4, 0.5) is 0 Å². The third kappa shape index (κ3) is 1.42. The van der Waals surface area contributed by atoms with E-state index in [0.29, 0.717) is 12.1 Å². The van der Waals surface area contributed by atoms with E-state index in [9.17, 15) is 5.11 Å². The zero-order valence-corrected chi connectivity index (χ0v) is 8.91. The molecule has 0 aromatic rings. The van der Waals surface area contributed by atoms with Gasteiger partial charge >= 0.3 is 0 Å². The lowest BCUT2D eigenvalue weighted by molar-refractivity contribution is -0.00622. The van der Waals surface area contributed by atoms with Crippen molar-refractivity contribution in [1.29, 1.82) is 0 Å². The van der Waals surface area contributed by atoms with E-state index in [-0.39, 0.29) is 5.60 Å². The molecule has 0 saturated carbocycles. The van der Waals surface area contributed by atoms with Crippen molar-refractivity contribution in [2.45, 2.75) is 50.3 Å². The predicted molar refractivity (Wildman–Crippen MR) is 52.5 cm³/mol. The van der Waals surface area contributed by atoms with Gasteiger partial charge in [0.15, 0.2) is 0 Å². The van der Waals surface area contributed by atoms with E-state index in [4.69, 9.17) is 0 Å². The van der Waals surface area contributed by atoms with Crippen LogP contribution in [0.25, 0.3) is 0 Å². The Balaban J connectivity index is 2.14. The van der Waals surface area contributed by atoms with Gasteiger partial charge in [-0.15, -0.1) is 0 Å². The summed E-state index contributed by atoms with van der Waals surface area (Å²) in [7, 11) is 0. The smallest absolute Gasteiger partial charge is 0.0650 e. The first-order valence-corrected chi connectivity index (χ1v) is 5.21. The van der Waals surface area contributed by atoms with Crippen LogP contribution >= 0.6 is 22.9 Å². The molecule has 2 fully saturated rings. The monoisotopic (exact) mass is 267 g/mol. The van der Waals surface area contributed by atoms with Gasteiger partial charge in [0.1, 0.15) is 0 Å². The fourth-order valence-electron chi connectivity index (χ4n) is 2.41. The van der Waals surface area contributed by atoms with Crippen LogP contribution in [0.1, 0.15) is 32.6 Å². The van der Waals surface area contributed by atoms with Gasteiger partial charge in [-0.1, -0.05) is 0 Å². The number of rotatable bonds is 0. The average Bonchev–Trinajstić information content (AvgIpc) is 2.19. The molecule has 2 heterocycles. The Morgan fingerprint density at radius 1 is 1.36 bits per heavy atom. The third-order valence-electron chi connectivity index (χ3n) is 2.88. The molecule has 0 aliphatic carbocycles. The summed E-state index contributed by atoms with van der Waals surface area (Å²) >= 11 is 2.41. The largest absolute Gasteiger partial charge is 0.390 e. The number of fused-ring (bicyclic) bond motifs is 2. The second kappa shape index (κ2) is 2.57. The quantitative estimate of drug-likeness (QED) is 0.533. The summed E-state index contributed by atoms with van der Waals surface area (Å²) in [6.07, 6.45) is 4.49. The maximum Gasteiger partial charge on any atom is 0.0650 e. The van der Waals surface area contributed by atoms with Gasteiger partial charge < -0.3 is 5.11 Å². The van der Waals surface area contributed by atoms with Crippen LogP contribution in [0.2, 0.25) is 0 Å². The van der Waals surface area contributed by atoms with Crippen molar-refractivity contribution in [2.75, 3.05) is 0 Å². The van der Waals surface area contributed by atoms with Gasteiger partial charge in [-0.05, 0) is 32.6 Å². The fraction of sp³-hybridized carbons (Fsp3) is 1.00. The molecule has 0 aromatic carbocycles. The lowest BCUT2D eigenvalue weighted by atomic mass is 9.90. The molecule has 2 saturated heterocycles. The van der Waals surface area contributed by atoms with E-state index >= 15 is 0 Å². The maximum atomic E-state index is 9.84. The van der Waals surface area contributed by atoms with E-state index in [2.05, 4.69) is 26.0 Å². The molecule has 3 heteroatoms. The second-order valence-corrected chi connectivity index (χ2v) is 5.25. The van der Waals surface area contributed by atoms with Gasteiger partial charge in [-0.25, -0.2) is 3.11 Å². The molecule has 2 unspecified atom stereocenters. The summed E-state index contributed by atoms with van der Waals surface area (Å²) < 4.78 is 2.41. The Hall–Kier alpha value is 0.650. The van der Waals surface area contributed by atoms with Crippen LogP contribution in [0.5, 0.6) is 0 Å². The van der Waals surface area contributed by atoms with E-state index in [1.54, 1.807) is 0 Å². The van der Waals surface area contributed by atoms with Crippen molar-refractivity contribution >= 4 is 22.9 Å². The molecule has 11 heavy (non-hydrogen) atoms. The predicted octanol–water partition coefficient (Wildman–Crippen LogP) is 1.71. The number of piperidine rings is 1. The van der Waals surface area contributed by atoms with Crippen LogP contribution in [-0.2, 0) is 0 Å². The topological polar surface area (TPSA) is 23.5 Å². The lowest BCUT2D eigenvalue weighted by Crippen LogP contribution is -2.44. The second-order valence-electron chi connectivity index (χ2n) is 4.13. The fourth-order valence-corrected chi connectivity index (χ4v) is 3.36. The first kappa shape index (κ1) is 8.26. The Labute approximate surface area is 81.5 Å². The first-order chi connectivity index (χ1) is 5.08. The number of nitrogens with zero attached hydrogens (tertiary/aromatic N) is 1. The number of halogens is 1. The number of hydrogen-bond donors (Lipinski definition) is 1. The molecule has 2 rings (SSSR count). The molecule has 0 aromatic heterocycles. The molecule has 0 spiro atoms. The Morgan fingerprint density at radius 3 is 2.27 bits per heavy atom. The van der Waals surface area contributed by atoms with Crippen LogP contribution < -0.4 is 0 Å². The van der Waals surface area contributed by atoms with E-state index < -0.39 is 0 Å². The van der Waals surface area contributed by atoms with Crippen molar-refractivity contribution < 1.29 is 5.11 Å². The standard InChI is InChI=1S/C8H14INO/c1-8(11)4-6-2-3-7(5-8)10(6)9/h6-7,11H,2-5H2,1H3. The van der Waals surface area contributed by atoms with Crippen LogP contribution in [0.3, 0.4) is 0 Å². The van der Waals surface area contributed by atoms with Gasteiger partial charge in [0.25, 0.3) is 0 Å². The Kier molecular flexibility index (Phi) is 1.93. The highest BCUT2D eigenvalue weighted by molar-refractivity contribution is 14.1.